The topological polar surface area (TPSA) is 79.3 Å². The molecule has 0 fully saturated rings. The normalized spacial score (nSPS) is 10.1. The number of pyridine rings is 1. The number of anilines is 1. The molecule has 102 valence electrons. The Bertz CT molecular complexity index is 689. The molecule has 7 heteroatoms. The highest BCUT2D eigenvalue weighted by molar-refractivity contribution is 6.04. The van der Waals surface area contributed by atoms with Gasteiger partial charge in [0.2, 0.25) is 5.95 Å². The SMILES string of the molecule is O=C(O)c1ccc(NC(=O)c2cccnc2F)cc1F. The van der Waals surface area contributed by atoms with Gasteiger partial charge in [-0.2, -0.15) is 4.39 Å². The molecule has 0 aliphatic carbocycles. The molecule has 1 aromatic carbocycles. The number of nitrogens with one attached hydrogen (secondary N) is 1. The molecule has 0 aliphatic rings. The lowest BCUT2D eigenvalue weighted by molar-refractivity contribution is 0.0691. The lowest BCUT2D eigenvalue weighted by atomic mass is 10.2. The van der Waals surface area contributed by atoms with Gasteiger partial charge >= 0.3 is 5.97 Å². The first kappa shape index (κ1) is 13.6. The number of rotatable bonds is 3. The van der Waals surface area contributed by atoms with Crippen LogP contribution in [0, 0.1) is 11.8 Å². The third-order valence-corrected chi connectivity index (χ3v) is 2.46. The van der Waals surface area contributed by atoms with Gasteiger partial charge in [0.25, 0.3) is 5.91 Å². The number of benzene rings is 1. The Morgan fingerprint density at radius 1 is 1.15 bits per heavy atom. The molecule has 2 rings (SSSR count). The molecule has 0 aliphatic heterocycles. The van der Waals surface area contributed by atoms with Crippen LogP contribution in [0.3, 0.4) is 0 Å². The molecule has 0 spiro atoms. The van der Waals surface area contributed by atoms with E-state index in [1.165, 1.54) is 24.4 Å². The van der Waals surface area contributed by atoms with Crippen LogP contribution in [0.1, 0.15) is 20.7 Å². The quantitative estimate of drug-likeness (QED) is 0.844. The highest BCUT2D eigenvalue weighted by Crippen LogP contribution is 2.16. The molecule has 1 heterocycles. The maximum absolute atomic E-state index is 13.4. The molecule has 0 saturated heterocycles. The van der Waals surface area contributed by atoms with E-state index in [0.717, 1.165) is 12.1 Å². The Morgan fingerprint density at radius 3 is 2.50 bits per heavy atom. The van der Waals surface area contributed by atoms with Crippen molar-refractivity contribution in [2.45, 2.75) is 0 Å². The van der Waals surface area contributed by atoms with Crippen LogP contribution in [0.15, 0.2) is 36.5 Å². The summed E-state index contributed by atoms with van der Waals surface area (Å²) < 4.78 is 26.7. The van der Waals surface area contributed by atoms with Gasteiger partial charge in [0, 0.05) is 11.9 Å². The summed E-state index contributed by atoms with van der Waals surface area (Å²) in [6.07, 6.45) is 1.19. The third kappa shape index (κ3) is 2.77. The predicted molar refractivity (Wildman–Crippen MR) is 65.5 cm³/mol. The minimum Gasteiger partial charge on any atom is -0.478 e. The second kappa shape index (κ2) is 5.43. The van der Waals surface area contributed by atoms with Gasteiger partial charge in [-0.25, -0.2) is 14.2 Å². The largest absolute Gasteiger partial charge is 0.478 e. The highest BCUT2D eigenvalue weighted by Gasteiger charge is 2.14. The molecule has 1 amide bonds. The van der Waals surface area contributed by atoms with Gasteiger partial charge < -0.3 is 10.4 Å². The fraction of sp³-hybridized carbons (Fsp3) is 0. The summed E-state index contributed by atoms with van der Waals surface area (Å²) in [7, 11) is 0. The van der Waals surface area contributed by atoms with Crippen molar-refractivity contribution in [3.63, 3.8) is 0 Å². The van der Waals surface area contributed by atoms with E-state index < -0.39 is 29.2 Å². The van der Waals surface area contributed by atoms with Crippen molar-refractivity contribution in [3.8, 4) is 0 Å². The van der Waals surface area contributed by atoms with Crippen LogP contribution in [0.5, 0.6) is 0 Å². The van der Waals surface area contributed by atoms with Gasteiger partial charge in [0.05, 0.1) is 11.1 Å². The zero-order valence-electron chi connectivity index (χ0n) is 9.93. The maximum Gasteiger partial charge on any atom is 0.338 e. The number of nitrogens with zero attached hydrogens (tertiary/aromatic N) is 1. The first-order chi connectivity index (χ1) is 9.49. The standard InChI is InChI=1S/C13H8F2N2O3/c14-10-6-7(3-4-8(10)13(19)20)17-12(18)9-2-1-5-16-11(9)15/h1-6H,(H,17,18)(H,19,20). The van der Waals surface area contributed by atoms with Gasteiger partial charge in [-0.1, -0.05) is 0 Å². The number of amides is 1. The Morgan fingerprint density at radius 2 is 1.90 bits per heavy atom. The van der Waals surface area contributed by atoms with Gasteiger partial charge in [-0.15, -0.1) is 0 Å². The highest BCUT2D eigenvalue weighted by atomic mass is 19.1. The van der Waals surface area contributed by atoms with Crippen molar-refractivity contribution in [1.82, 2.24) is 4.98 Å². The number of hydrogen-bond donors (Lipinski definition) is 2. The second-order valence-electron chi connectivity index (χ2n) is 3.80. The average molecular weight is 278 g/mol. The molecule has 2 N–H and O–H groups in total. The summed E-state index contributed by atoms with van der Waals surface area (Å²) in [6, 6.07) is 5.66. The summed E-state index contributed by atoms with van der Waals surface area (Å²) >= 11 is 0. The molecular weight excluding hydrogens is 270 g/mol. The molecule has 0 bridgehead atoms. The minimum atomic E-state index is -1.42. The third-order valence-electron chi connectivity index (χ3n) is 2.46. The lowest BCUT2D eigenvalue weighted by Crippen LogP contribution is -2.15. The van der Waals surface area contributed by atoms with Gasteiger partial charge in [0.1, 0.15) is 5.82 Å². The molecule has 0 atom stereocenters. The summed E-state index contributed by atoms with van der Waals surface area (Å²) in [5, 5.41) is 10.9. The van der Waals surface area contributed by atoms with Crippen molar-refractivity contribution < 1.29 is 23.5 Å². The fourth-order valence-electron chi connectivity index (χ4n) is 1.52. The number of halogens is 2. The second-order valence-corrected chi connectivity index (χ2v) is 3.80. The molecule has 0 radical (unpaired) electrons. The first-order valence-corrected chi connectivity index (χ1v) is 5.44. The number of carbonyl (C=O) groups is 2. The minimum absolute atomic E-state index is 0.0146. The van der Waals surface area contributed by atoms with E-state index >= 15 is 0 Å². The summed E-state index contributed by atoms with van der Waals surface area (Å²) in [5.74, 6) is -4.17. The van der Waals surface area contributed by atoms with Crippen LogP contribution in [-0.4, -0.2) is 22.0 Å². The summed E-state index contributed by atoms with van der Waals surface area (Å²) in [4.78, 5) is 25.7. The monoisotopic (exact) mass is 278 g/mol. The van der Waals surface area contributed by atoms with Crippen LogP contribution >= 0.6 is 0 Å². The van der Waals surface area contributed by atoms with E-state index in [1.54, 1.807) is 0 Å². The molecule has 0 saturated carbocycles. The van der Waals surface area contributed by atoms with Crippen LogP contribution in [-0.2, 0) is 0 Å². The number of aromatic carboxylic acids is 1. The average Bonchev–Trinajstić information content (AvgIpc) is 2.38. The Hall–Kier alpha value is -2.83. The molecular formula is C13H8F2N2O3. The number of carbonyl (C=O) groups excluding carboxylic acids is 1. The van der Waals surface area contributed by atoms with E-state index in [2.05, 4.69) is 10.3 Å². The number of aromatic nitrogens is 1. The Kier molecular flexibility index (Phi) is 3.69. The summed E-state index contributed by atoms with van der Waals surface area (Å²) in [6.45, 7) is 0. The Labute approximate surface area is 111 Å². The van der Waals surface area contributed by atoms with Gasteiger partial charge in [0.15, 0.2) is 0 Å². The van der Waals surface area contributed by atoms with Gasteiger partial charge in [-0.05, 0) is 30.3 Å². The lowest BCUT2D eigenvalue weighted by Gasteiger charge is -2.06. The number of carboxylic acid groups (broad SMARTS) is 1. The van der Waals surface area contributed by atoms with Crippen molar-refractivity contribution >= 4 is 17.6 Å². The predicted octanol–water partition coefficient (Wildman–Crippen LogP) is 2.31. The molecule has 5 nitrogen and oxygen atoms in total. The fourth-order valence-corrected chi connectivity index (χ4v) is 1.52. The summed E-state index contributed by atoms with van der Waals surface area (Å²) in [5.41, 5.74) is -0.800. The van der Waals surface area contributed by atoms with Crippen molar-refractivity contribution in [2.24, 2.45) is 0 Å². The van der Waals surface area contributed by atoms with E-state index in [-0.39, 0.29) is 11.3 Å². The van der Waals surface area contributed by atoms with Gasteiger partial charge in [-0.3, -0.25) is 4.79 Å². The number of hydrogen-bond acceptors (Lipinski definition) is 3. The zero-order valence-corrected chi connectivity index (χ0v) is 9.93. The van der Waals surface area contributed by atoms with E-state index in [9.17, 15) is 18.4 Å². The van der Waals surface area contributed by atoms with E-state index in [0.29, 0.717) is 0 Å². The van der Waals surface area contributed by atoms with E-state index in [1.807, 2.05) is 0 Å². The van der Waals surface area contributed by atoms with E-state index in [4.69, 9.17) is 5.11 Å². The van der Waals surface area contributed by atoms with Crippen LogP contribution in [0.4, 0.5) is 14.5 Å². The molecule has 0 unspecified atom stereocenters. The molecule has 20 heavy (non-hydrogen) atoms. The number of carboxylic acids is 1. The van der Waals surface area contributed by atoms with Crippen molar-refractivity contribution in [2.75, 3.05) is 5.32 Å². The van der Waals surface area contributed by atoms with Crippen LogP contribution in [0.25, 0.3) is 0 Å². The smallest absolute Gasteiger partial charge is 0.338 e. The maximum atomic E-state index is 13.4. The molecule has 1 aromatic heterocycles. The van der Waals surface area contributed by atoms with Crippen molar-refractivity contribution in [3.05, 3.63) is 59.4 Å². The zero-order chi connectivity index (χ0) is 14.7. The Balaban J connectivity index is 2.23. The van der Waals surface area contributed by atoms with Crippen molar-refractivity contribution in [1.29, 1.82) is 0 Å². The first-order valence-electron chi connectivity index (χ1n) is 5.44. The molecule has 2 aromatic rings. The van der Waals surface area contributed by atoms with Crippen LogP contribution in [0.2, 0.25) is 0 Å². The van der Waals surface area contributed by atoms with Crippen LogP contribution < -0.4 is 5.32 Å².